The van der Waals surface area contributed by atoms with E-state index in [4.69, 9.17) is 5.10 Å². The van der Waals surface area contributed by atoms with Crippen LogP contribution in [0.4, 0.5) is 10.1 Å². The first kappa shape index (κ1) is 15.4. The van der Waals surface area contributed by atoms with Crippen LogP contribution in [-0.4, -0.2) is 10.8 Å². The smallest absolute Gasteiger partial charge is 0.123 e. The molecule has 0 aliphatic carbocycles. The van der Waals surface area contributed by atoms with E-state index < -0.39 is 0 Å². The molecule has 3 aromatic carbocycles. The van der Waals surface area contributed by atoms with Gasteiger partial charge >= 0.3 is 0 Å². The second-order valence-electron chi connectivity index (χ2n) is 6.05. The number of nitrogens with zero attached hydrogens (tertiary/aromatic N) is 2. The Bertz CT molecular complexity index is 889. The molecule has 1 aliphatic heterocycles. The Labute approximate surface area is 145 Å². The molecular weight excluding hydrogens is 315 g/mol. The van der Waals surface area contributed by atoms with E-state index in [2.05, 4.69) is 0 Å². The standard InChI is InChI=1S/C21H17FN2O/c22-17-10-6-16(7-11-17)21-14-20(15-8-12-19(25)13-9-15)23-24(21)18-4-2-1-3-5-18/h1-13,21,25H,14H2/t21-/m0/s1. The number of hydrogen-bond acceptors (Lipinski definition) is 3. The normalized spacial score (nSPS) is 16.8. The molecule has 1 aliphatic rings. The zero-order chi connectivity index (χ0) is 17.2. The summed E-state index contributed by atoms with van der Waals surface area (Å²) in [4.78, 5) is 0. The van der Waals surface area contributed by atoms with Gasteiger partial charge in [0.15, 0.2) is 0 Å². The summed E-state index contributed by atoms with van der Waals surface area (Å²) in [5.41, 5.74) is 3.93. The molecule has 3 aromatic rings. The van der Waals surface area contributed by atoms with Crippen molar-refractivity contribution in [3.8, 4) is 5.75 Å². The van der Waals surface area contributed by atoms with Gasteiger partial charge in [-0.2, -0.15) is 5.10 Å². The minimum Gasteiger partial charge on any atom is -0.508 e. The van der Waals surface area contributed by atoms with Gasteiger partial charge in [0.25, 0.3) is 0 Å². The summed E-state index contributed by atoms with van der Waals surface area (Å²) in [5.74, 6) is -0.00923. The van der Waals surface area contributed by atoms with Crippen LogP contribution >= 0.6 is 0 Å². The maximum atomic E-state index is 13.3. The lowest BCUT2D eigenvalue weighted by molar-refractivity contribution is 0.475. The molecule has 4 rings (SSSR count). The highest BCUT2D eigenvalue weighted by molar-refractivity contribution is 6.03. The van der Waals surface area contributed by atoms with Gasteiger partial charge in [-0.25, -0.2) is 4.39 Å². The molecule has 0 fully saturated rings. The van der Waals surface area contributed by atoms with E-state index in [1.165, 1.54) is 12.1 Å². The van der Waals surface area contributed by atoms with Crippen LogP contribution in [0.5, 0.6) is 5.75 Å². The molecule has 0 saturated heterocycles. The molecule has 0 spiro atoms. The van der Waals surface area contributed by atoms with Gasteiger partial charge in [-0.1, -0.05) is 30.3 Å². The number of hydrazone groups is 1. The van der Waals surface area contributed by atoms with Gasteiger partial charge in [-0.3, -0.25) is 5.01 Å². The van der Waals surface area contributed by atoms with Crippen LogP contribution in [0, 0.1) is 5.82 Å². The zero-order valence-corrected chi connectivity index (χ0v) is 13.5. The molecule has 0 amide bonds. The predicted octanol–water partition coefficient (Wildman–Crippen LogP) is 4.89. The molecule has 25 heavy (non-hydrogen) atoms. The quantitative estimate of drug-likeness (QED) is 0.741. The number of para-hydroxylation sites is 1. The van der Waals surface area contributed by atoms with Crippen molar-refractivity contribution in [2.75, 3.05) is 5.01 Å². The van der Waals surface area contributed by atoms with Crippen LogP contribution in [0.2, 0.25) is 0 Å². The minimum absolute atomic E-state index is 0.00630. The van der Waals surface area contributed by atoms with Crippen molar-refractivity contribution in [3.63, 3.8) is 0 Å². The third-order valence-corrected chi connectivity index (χ3v) is 4.39. The molecule has 0 unspecified atom stereocenters. The van der Waals surface area contributed by atoms with Gasteiger partial charge in [0.1, 0.15) is 11.6 Å². The summed E-state index contributed by atoms with van der Waals surface area (Å²) < 4.78 is 13.3. The predicted molar refractivity (Wildman–Crippen MR) is 97.3 cm³/mol. The van der Waals surface area contributed by atoms with Crippen molar-refractivity contribution >= 4 is 11.4 Å². The van der Waals surface area contributed by atoms with Gasteiger partial charge in [-0.05, 0) is 59.7 Å². The van der Waals surface area contributed by atoms with Crippen LogP contribution in [0.3, 0.4) is 0 Å². The summed E-state index contributed by atoms with van der Waals surface area (Å²) in [6.07, 6.45) is 0.714. The summed E-state index contributed by atoms with van der Waals surface area (Å²) in [7, 11) is 0. The zero-order valence-electron chi connectivity index (χ0n) is 13.5. The van der Waals surface area contributed by atoms with Crippen LogP contribution in [0.1, 0.15) is 23.6 Å². The topological polar surface area (TPSA) is 35.8 Å². The van der Waals surface area contributed by atoms with Gasteiger partial charge in [-0.15, -0.1) is 0 Å². The minimum atomic E-state index is -0.243. The van der Waals surface area contributed by atoms with Crippen LogP contribution in [-0.2, 0) is 0 Å². The Kier molecular flexibility index (Phi) is 3.94. The van der Waals surface area contributed by atoms with Crippen molar-refractivity contribution in [3.05, 3.63) is 95.8 Å². The molecule has 0 bridgehead atoms. The van der Waals surface area contributed by atoms with Crippen LogP contribution in [0.15, 0.2) is 84.0 Å². The number of rotatable bonds is 3. The number of aromatic hydroxyl groups is 1. The molecule has 1 N–H and O–H groups in total. The number of anilines is 1. The van der Waals surface area contributed by atoms with Gasteiger partial charge in [0, 0.05) is 6.42 Å². The van der Waals surface area contributed by atoms with E-state index in [1.54, 1.807) is 12.1 Å². The fourth-order valence-corrected chi connectivity index (χ4v) is 3.10. The lowest BCUT2D eigenvalue weighted by Crippen LogP contribution is -2.18. The Morgan fingerprint density at radius 3 is 2.24 bits per heavy atom. The number of benzene rings is 3. The largest absolute Gasteiger partial charge is 0.508 e. The van der Waals surface area contributed by atoms with E-state index >= 15 is 0 Å². The fraction of sp³-hybridized carbons (Fsp3) is 0.0952. The van der Waals surface area contributed by atoms with Crippen LogP contribution in [0.25, 0.3) is 0 Å². The average molecular weight is 332 g/mol. The van der Waals surface area contributed by atoms with Gasteiger partial charge < -0.3 is 5.11 Å². The summed E-state index contributed by atoms with van der Waals surface area (Å²) in [6.45, 7) is 0. The monoisotopic (exact) mass is 332 g/mol. The summed E-state index contributed by atoms with van der Waals surface area (Å²) >= 11 is 0. The van der Waals surface area contributed by atoms with E-state index in [0.717, 1.165) is 22.5 Å². The second kappa shape index (κ2) is 6.40. The lowest BCUT2D eigenvalue weighted by atomic mass is 9.98. The maximum absolute atomic E-state index is 13.3. The highest BCUT2D eigenvalue weighted by Crippen LogP contribution is 2.36. The number of hydrogen-bond donors (Lipinski definition) is 1. The second-order valence-corrected chi connectivity index (χ2v) is 6.05. The Hall–Kier alpha value is -3.14. The number of phenolic OH excluding ortho intramolecular Hbond substituents is 1. The number of halogens is 1. The van der Waals surface area contributed by atoms with E-state index in [-0.39, 0.29) is 17.6 Å². The molecule has 0 radical (unpaired) electrons. The molecule has 1 heterocycles. The Balaban J connectivity index is 1.73. The third-order valence-electron chi connectivity index (χ3n) is 4.39. The first-order chi connectivity index (χ1) is 12.2. The molecule has 0 aromatic heterocycles. The maximum Gasteiger partial charge on any atom is 0.123 e. The molecule has 0 saturated carbocycles. The van der Waals surface area contributed by atoms with Crippen molar-refractivity contribution < 1.29 is 9.50 Å². The highest BCUT2D eigenvalue weighted by atomic mass is 19.1. The van der Waals surface area contributed by atoms with Crippen molar-refractivity contribution in [1.29, 1.82) is 0 Å². The lowest BCUT2D eigenvalue weighted by Gasteiger charge is -2.23. The van der Waals surface area contributed by atoms with E-state index in [9.17, 15) is 9.50 Å². The molecule has 3 nitrogen and oxygen atoms in total. The van der Waals surface area contributed by atoms with Crippen molar-refractivity contribution in [2.24, 2.45) is 5.10 Å². The summed E-state index contributed by atoms with van der Waals surface area (Å²) in [5, 5.41) is 16.3. The van der Waals surface area contributed by atoms with Gasteiger partial charge in [0.2, 0.25) is 0 Å². The fourth-order valence-electron chi connectivity index (χ4n) is 3.10. The average Bonchev–Trinajstić information content (AvgIpc) is 3.09. The van der Waals surface area contributed by atoms with Gasteiger partial charge in [0.05, 0.1) is 17.4 Å². The molecule has 4 heteroatoms. The third kappa shape index (κ3) is 3.11. The molecule has 1 atom stereocenters. The Morgan fingerprint density at radius 2 is 1.56 bits per heavy atom. The first-order valence-corrected chi connectivity index (χ1v) is 8.17. The SMILES string of the molecule is Oc1ccc(C2=NN(c3ccccc3)[C@H](c3ccc(F)cc3)C2)cc1. The number of phenols is 1. The van der Waals surface area contributed by atoms with E-state index in [1.807, 2.05) is 59.6 Å². The Morgan fingerprint density at radius 1 is 0.880 bits per heavy atom. The summed E-state index contributed by atoms with van der Waals surface area (Å²) in [6, 6.07) is 23.6. The molecular formula is C21H17FN2O. The first-order valence-electron chi connectivity index (χ1n) is 8.17. The molecule has 124 valence electrons. The van der Waals surface area contributed by atoms with Crippen molar-refractivity contribution in [1.82, 2.24) is 0 Å². The van der Waals surface area contributed by atoms with Crippen LogP contribution < -0.4 is 5.01 Å². The van der Waals surface area contributed by atoms with E-state index in [0.29, 0.717) is 6.42 Å². The highest BCUT2D eigenvalue weighted by Gasteiger charge is 2.29. The van der Waals surface area contributed by atoms with Crippen molar-refractivity contribution in [2.45, 2.75) is 12.5 Å².